The van der Waals surface area contributed by atoms with Crippen LogP contribution in [0.5, 0.6) is 0 Å². The van der Waals surface area contributed by atoms with Gasteiger partial charge in [-0.25, -0.2) is 0 Å². The van der Waals surface area contributed by atoms with Crippen molar-refractivity contribution >= 4 is 65.6 Å². The summed E-state index contributed by atoms with van der Waals surface area (Å²) in [6.07, 6.45) is 7.09. The van der Waals surface area contributed by atoms with Gasteiger partial charge in [-0.2, -0.15) is 0 Å². The molecule has 0 N–H and O–H groups in total. The summed E-state index contributed by atoms with van der Waals surface area (Å²) >= 11 is 1.93. The van der Waals surface area contributed by atoms with Crippen LogP contribution in [-0.4, -0.2) is 0 Å². The van der Waals surface area contributed by atoms with E-state index in [1.807, 2.05) is 11.3 Å². The Kier molecular flexibility index (Phi) is 11.7. The quantitative estimate of drug-likeness (QED) is 0.164. The average Bonchev–Trinajstić information content (AvgIpc) is 3.67. The van der Waals surface area contributed by atoms with Crippen molar-refractivity contribution in [1.82, 2.24) is 0 Å². The molecule has 0 radical (unpaired) electrons. The van der Waals surface area contributed by atoms with Crippen LogP contribution in [-0.2, 0) is 43.3 Å². The Morgan fingerprint density at radius 3 is 1.31 bits per heavy atom. The number of hydrogen-bond acceptors (Lipinski definition) is 3. The van der Waals surface area contributed by atoms with Gasteiger partial charge in [0.05, 0.1) is 0 Å². The highest BCUT2D eigenvalue weighted by atomic mass is 32.1. The first-order valence-electron chi connectivity index (χ1n) is 27.5. The smallest absolute Gasteiger partial charge is 0.0493 e. The maximum atomic E-state index is 2.64. The van der Waals surface area contributed by atoms with Gasteiger partial charge in [-0.15, -0.1) is 11.3 Å². The van der Waals surface area contributed by atoms with Crippen LogP contribution in [0.4, 0.5) is 34.1 Å². The van der Waals surface area contributed by atoms with E-state index < -0.39 is 0 Å². The van der Waals surface area contributed by atoms with Crippen LogP contribution in [0.15, 0.2) is 103 Å². The van der Waals surface area contributed by atoms with Crippen molar-refractivity contribution < 1.29 is 0 Å². The van der Waals surface area contributed by atoms with Crippen molar-refractivity contribution in [2.75, 3.05) is 9.80 Å². The van der Waals surface area contributed by atoms with Crippen molar-refractivity contribution in [3.63, 3.8) is 0 Å². The molecule has 6 aromatic carbocycles. The van der Waals surface area contributed by atoms with Crippen LogP contribution in [0.1, 0.15) is 213 Å². The monoisotopic (exact) mass is 975 g/mol. The number of benzene rings is 6. The summed E-state index contributed by atoms with van der Waals surface area (Å²) in [6.45, 7) is 46.2. The third-order valence-corrected chi connectivity index (χ3v) is 19.6. The maximum absolute atomic E-state index is 2.64. The molecule has 7 aromatic rings. The fraction of sp³-hybridized carbons (Fsp3) is 0.478. The number of rotatable bonds is 6. The molecule has 0 saturated carbocycles. The maximum Gasteiger partial charge on any atom is 0.0493 e. The lowest BCUT2D eigenvalue weighted by molar-refractivity contribution is 0.332. The molecule has 0 unspecified atom stereocenters. The Labute approximate surface area is 439 Å². The minimum absolute atomic E-state index is 0.000620. The highest BCUT2D eigenvalue weighted by Gasteiger charge is 2.41. The van der Waals surface area contributed by atoms with Crippen molar-refractivity contribution in [2.45, 2.75) is 213 Å². The topological polar surface area (TPSA) is 6.48 Å². The molecular weight excluding hydrogens is 889 g/mol. The van der Waals surface area contributed by atoms with E-state index in [4.69, 9.17) is 0 Å². The van der Waals surface area contributed by atoms with Crippen LogP contribution >= 0.6 is 11.3 Å². The normalized spacial score (nSPS) is 19.4. The second-order valence-corrected chi connectivity index (χ2v) is 29.9. The van der Waals surface area contributed by atoms with Crippen LogP contribution < -0.4 is 9.80 Å². The summed E-state index contributed by atoms with van der Waals surface area (Å²) in [5.74, 6) is 0. The van der Waals surface area contributed by atoms with Gasteiger partial charge >= 0.3 is 0 Å². The van der Waals surface area contributed by atoms with Gasteiger partial charge < -0.3 is 9.80 Å². The zero-order valence-electron chi connectivity index (χ0n) is 47.9. The Morgan fingerprint density at radius 1 is 0.389 bits per heavy atom. The minimum atomic E-state index is -0.141. The number of fused-ring (bicyclic) bond motifs is 6. The lowest BCUT2D eigenvalue weighted by atomic mass is 9.63. The van der Waals surface area contributed by atoms with Gasteiger partial charge in [0.2, 0.25) is 0 Å². The molecule has 0 amide bonds. The summed E-state index contributed by atoms with van der Waals surface area (Å²) in [6, 6.07) is 42.0. The van der Waals surface area contributed by atoms with Crippen LogP contribution in [0, 0.1) is 6.92 Å². The summed E-state index contributed by atoms with van der Waals surface area (Å²) in [5.41, 5.74) is 20.6. The van der Waals surface area contributed by atoms with Gasteiger partial charge in [-0.05, 0) is 212 Å². The molecule has 3 aliphatic carbocycles. The molecule has 3 aliphatic rings. The van der Waals surface area contributed by atoms with Crippen molar-refractivity contribution in [3.05, 3.63) is 153 Å². The predicted molar refractivity (Wildman–Crippen MR) is 317 cm³/mol. The van der Waals surface area contributed by atoms with Gasteiger partial charge in [-0.3, -0.25) is 0 Å². The van der Waals surface area contributed by atoms with Crippen LogP contribution in [0.2, 0.25) is 0 Å². The second kappa shape index (κ2) is 16.6. The van der Waals surface area contributed by atoms with E-state index in [1.54, 1.807) is 0 Å². The molecule has 3 heteroatoms. The second-order valence-electron chi connectivity index (χ2n) is 28.8. The fourth-order valence-corrected chi connectivity index (χ4v) is 14.2. The molecule has 1 heterocycles. The number of thiophene rings is 1. The van der Waals surface area contributed by atoms with E-state index >= 15 is 0 Å². The number of nitrogens with zero attached hydrogens (tertiary/aromatic N) is 2. The van der Waals surface area contributed by atoms with Crippen molar-refractivity contribution in [3.8, 4) is 0 Å². The minimum Gasteiger partial charge on any atom is -0.310 e. The summed E-state index contributed by atoms with van der Waals surface area (Å²) in [5, 5.41) is 2.73. The SMILES string of the molecule is Cc1cc2c(cc1N(c1cc(N(c3ccc4c(c3)C(C)(C)CCC4(C)C)c3ccc4c(c3)C(C)(C)CCC4(C)C)cc(C(C)(C)C)c1)c1ccc3sc4cccc(C(C)(C)C)c4c3c1)C(C)(C)CCC2(C)C. The molecule has 0 atom stereocenters. The average molecular weight is 976 g/mol. The molecule has 72 heavy (non-hydrogen) atoms. The van der Waals surface area contributed by atoms with Crippen molar-refractivity contribution in [1.29, 1.82) is 0 Å². The van der Waals surface area contributed by atoms with Crippen LogP contribution in [0.3, 0.4) is 0 Å². The molecule has 378 valence electrons. The molecular formula is C69H86N2S. The van der Waals surface area contributed by atoms with E-state index in [1.165, 1.54) is 143 Å². The summed E-state index contributed by atoms with van der Waals surface area (Å²) < 4.78 is 2.69. The molecule has 0 fully saturated rings. The third-order valence-electron chi connectivity index (χ3n) is 18.4. The Hall–Kier alpha value is -4.86. The molecule has 1 aromatic heterocycles. The molecule has 0 spiro atoms. The third kappa shape index (κ3) is 8.54. The van der Waals surface area contributed by atoms with Gasteiger partial charge in [0.25, 0.3) is 0 Å². The highest BCUT2D eigenvalue weighted by Crippen LogP contribution is 2.54. The zero-order valence-corrected chi connectivity index (χ0v) is 48.7. The van der Waals surface area contributed by atoms with Gasteiger partial charge in [0.1, 0.15) is 0 Å². The summed E-state index contributed by atoms with van der Waals surface area (Å²) in [7, 11) is 0. The first-order valence-corrected chi connectivity index (χ1v) is 28.3. The molecule has 0 bridgehead atoms. The van der Waals surface area contributed by atoms with Gasteiger partial charge in [0, 0.05) is 54.3 Å². The first-order chi connectivity index (χ1) is 33.3. The highest BCUT2D eigenvalue weighted by molar-refractivity contribution is 7.25. The molecule has 2 nitrogen and oxygen atoms in total. The molecule has 10 rings (SSSR count). The molecule has 0 aliphatic heterocycles. The van der Waals surface area contributed by atoms with Gasteiger partial charge in [-0.1, -0.05) is 155 Å². The zero-order chi connectivity index (χ0) is 52.1. The lowest BCUT2D eigenvalue weighted by Crippen LogP contribution is -2.34. The lowest BCUT2D eigenvalue weighted by Gasteiger charge is -2.44. The van der Waals surface area contributed by atoms with E-state index in [-0.39, 0.29) is 43.3 Å². The molecule has 0 saturated heterocycles. The Morgan fingerprint density at radius 2 is 0.819 bits per heavy atom. The Bertz CT molecular complexity index is 3210. The fourth-order valence-electron chi connectivity index (χ4n) is 13.1. The number of anilines is 6. The standard InChI is InChI=1S/C69H86N2S/c1-43-35-54-57(69(18,19)34-33-66(54,12)13)42-58(43)71(45-25-28-59-50(39-45)61-53(63(5,6)7)21-20-22-60(61)72-59)49-37-44(62(2,3)4)36-48(38-49)70(46-23-26-51-55(40-46)67(14,15)31-29-64(51,8)9)47-24-27-52-56(41-47)68(16,17)32-30-65(52,10)11/h20-28,35-42H,29-34H2,1-19H3. The van der Waals surface area contributed by atoms with Gasteiger partial charge in [0.15, 0.2) is 0 Å². The van der Waals surface area contributed by atoms with E-state index in [9.17, 15) is 0 Å². The Balaban J connectivity index is 1.29. The largest absolute Gasteiger partial charge is 0.310 e. The van der Waals surface area contributed by atoms with Crippen LogP contribution in [0.25, 0.3) is 20.2 Å². The van der Waals surface area contributed by atoms with E-state index in [2.05, 4.69) is 244 Å². The predicted octanol–water partition coefficient (Wildman–Crippen LogP) is 20.9. The number of hydrogen-bond donors (Lipinski definition) is 0. The van der Waals surface area contributed by atoms with Crippen molar-refractivity contribution in [2.24, 2.45) is 0 Å². The van der Waals surface area contributed by atoms with E-state index in [0.29, 0.717) is 0 Å². The van der Waals surface area contributed by atoms with E-state index in [0.717, 1.165) is 0 Å². The number of aryl methyl sites for hydroxylation is 1. The summed E-state index contributed by atoms with van der Waals surface area (Å²) in [4.78, 5) is 5.27. The first kappa shape index (κ1) is 50.7.